The number of carboxylic acids is 1. The lowest BCUT2D eigenvalue weighted by Gasteiger charge is -2.30. The lowest BCUT2D eigenvalue weighted by Crippen LogP contribution is -2.40. The molecule has 5 heteroatoms. The first-order chi connectivity index (χ1) is 11.4. The van der Waals surface area contributed by atoms with E-state index < -0.39 is 5.97 Å². The molecule has 0 saturated heterocycles. The van der Waals surface area contributed by atoms with Gasteiger partial charge in [-0.1, -0.05) is 60.1 Å². The third-order valence-corrected chi connectivity index (χ3v) is 7.61. The summed E-state index contributed by atoms with van der Waals surface area (Å²) < 4.78 is 0.0812. The Labute approximate surface area is 156 Å². The average Bonchev–Trinajstić information content (AvgIpc) is 2.56. The number of hydrogen-bond acceptors (Lipinski definition) is 4. The van der Waals surface area contributed by atoms with Crippen LogP contribution in [0.3, 0.4) is 0 Å². The van der Waals surface area contributed by atoms with Crippen LogP contribution in [0.25, 0.3) is 0 Å². The number of nitrogens with one attached hydrogen (secondary N) is 1. The van der Waals surface area contributed by atoms with E-state index in [0.717, 1.165) is 18.5 Å². The van der Waals surface area contributed by atoms with Gasteiger partial charge in [-0.2, -0.15) is 0 Å². The van der Waals surface area contributed by atoms with Crippen LogP contribution in [-0.2, 0) is 4.79 Å². The minimum absolute atomic E-state index is 0.0812. The molecule has 0 atom stereocenters. The van der Waals surface area contributed by atoms with Crippen LogP contribution in [0.15, 0.2) is 0 Å². The van der Waals surface area contributed by atoms with Crippen molar-refractivity contribution in [2.24, 2.45) is 0 Å². The molecule has 142 valence electrons. The van der Waals surface area contributed by atoms with Crippen LogP contribution in [0.5, 0.6) is 0 Å². The monoisotopic (exact) mass is 375 g/mol. The molecule has 0 aliphatic heterocycles. The zero-order chi connectivity index (χ0) is 17.8. The molecular formula is C19H37NO2S2. The van der Waals surface area contributed by atoms with Crippen LogP contribution in [0.2, 0.25) is 0 Å². The topological polar surface area (TPSA) is 49.3 Å². The minimum atomic E-state index is -0.709. The molecule has 0 radical (unpaired) electrons. The Morgan fingerprint density at radius 1 is 1.00 bits per heavy atom. The molecule has 0 spiro atoms. The highest BCUT2D eigenvalue weighted by Crippen LogP contribution is 2.36. The van der Waals surface area contributed by atoms with Crippen LogP contribution in [0.1, 0.15) is 90.9 Å². The van der Waals surface area contributed by atoms with Crippen molar-refractivity contribution in [2.45, 2.75) is 108 Å². The van der Waals surface area contributed by atoms with Gasteiger partial charge in [0.05, 0.1) is 0 Å². The van der Waals surface area contributed by atoms with Crippen LogP contribution in [0, 0.1) is 0 Å². The van der Waals surface area contributed by atoms with Gasteiger partial charge in [0.25, 0.3) is 0 Å². The molecule has 2 fully saturated rings. The molecule has 0 unspecified atom stereocenters. The van der Waals surface area contributed by atoms with E-state index in [4.69, 9.17) is 5.11 Å². The minimum Gasteiger partial charge on any atom is -0.481 e. The molecule has 0 bridgehead atoms. The molecule has 24 heavy (non-hydrogen) atoms. The first kappa shape index (κ1) is 22.2. The summed E-state index contributed by atoms with van der Waals surface area (Å²) in [5, 5.41) is 12.3. The summed E-state index contributed by atoms with van der Waals surface area (Å²) in [6, 6.07) is 1.74. The standard InChI is InChI=1S/C12H23N.C7H14O2S2/c1-3-7-11(8-4-1)13-12-9-5-2-6-10-12;1-7(2,11-10-3)5-4-6(8)9/h11-13H,1-10H2;4-5H2,1-3H3,(H,8,9). The highest BCUT2D eigenvalue weighted by Gasteiger charge is 2.20. The Morgan fingerprint density at radius 2 is 1.46 bits per heavy atom. The number of carbonyl (C=O) groups is 1. The molecule has 0 aromatic carbocycles. The highest BCUT2D eigenvalue weighted by molar-refractivity contribution is 8.76. The first-order valence-corrected chi connectivity index (χ1v) is 12.2. The van der Waals surface area contributed by atoms with Gasteiger partial charge in [0, 0.05) is 23.3 Å². The van der Waals surface area contributed by atoms with Gasteiger partial charge in [0.15, 0.2) is 0 Å². The Bertz CT molecular complexity index is 322. The highest BCUT2D eigenvalue weighted by atomic mass is 33.1. The Balaban J connectivity index is 0.000000245. The van der Waals surface area contributed by atoms with Gasteiger partial charge in [-0.3, -0.25) is 4.79 Å². The third kappa shape index (κ3) is 10.9. The van der Waals surface area contributed by atoms with E-state index in [1.807, 2.05) is 6.26 Å². The van der Waals surface area contributed by atoms with Gasteiger partial charge >= 0.3 is 5.97 Å². The predicted octanol–water partition coefficient (Wildman–Crippen LogP) is 5.88. The van der Waals surface area contributed by atoms with E-state index in [2.05, 4.69) is 19.2 Å². The molecule has 3 nitrogen and oxygen atoms in total. The zero-order valence-corrected chi connectivity index (χ0v) is 17.4. The number of carboxylic acid groups (broad SMARTS) is 1. The molecule has 2 rings (SSSR count). The quantitative estimate of drug-likeness (QED) is 0.544. The average molecular weight is 376 g/mol. The molecule has 0 amide bonds. The van der Waals surface area contributed by atoms with Crippen LogP contribution >= 0.6 is 21.6 Å². The molecule has 2 aliphatic rings. The molecule has 0 heterocycles. The number of hydrogen-bond donors (Lipinski definition) is 2. The second-order valence-electron chi connectivity index (χ2n) is 7.74. The fourth-order valence-corrected chi connectivity index (χ4v) is 5.79. The summed E-state index contributed by atoms with van der Waals surface area (Å²) in [5.74, 6) is -0.709. The van der Waals surface area contributed by atoms with E-state index in [9.17, 15) is 4.79 Å². The van der Waals surface area contributed by atoms with Gasteiger partial charge < -0.3 is 10.4 Å². The maximum atomic E-state index is 10.2. The van der Waals surface area contributed by atoms with Crippen molar-refractivity contribution < 1.29 is 9.90 Å². The Morgan fingerprint density at radius 3 is 1.83 bits per heavy atom. The molecule has 2 N–H and O–H groups in total. The fraction of sp³-hybridized carbons (Fsp3) is 0.947. The van der Waals surface area contributed by atoms with Crippen molar-refractivity contribution in [3.8, 4) is 0 Å². The number of rotatable bonds is 7. The van der Waals surface area contributed by atoms with Crippen LogP contribution < -0.4 is 5.32 Å². The second-order valence-corrected chi connectivity index (χ2v) is 10.8. The lowest BCUT2D eigenvalue weighted by atomic mass is 9.91. The normalized spacial score (nSPS) is 20.3. The van der Waals surface area contributed by atoms with Crippen LogP contribution in [-0.4, -0.2) is 34.2 Å². The summed E-state index contributed by atoms with van der Waals surface area (Å²) in [5.41, 5.74) is 0. The summed E-state index contributed by atoms with van der Waals surface area (Å²) in [4.78, 5) is 10.2. The predicted molar refractivity (Wildman–Crippen MR) is 109 cm³/mol. The van der Waals surface area contributed by atoms with E-state index in [1.165, 1.54) is 64.2 Å². The summed E-state index contributed by atoms with van der Waals surface area (Å²) in [7, 11) is 3.41. The van der Waals surface area contributed by atoms with Crippen molar-refractivity contribution in [2.75, 3.05) is 6.26 Å². The van der Waals surface area contributed by atoms with Gasteiger partial charge in [-0.05, 0) is 52.2 Å². The molecule has 0 aromatic heterocycles. The summed E-state index contributed by atoms with van der Waals surface area (Å²) >= 11 is 0. The summed E-state index contributed by atoms with van der Waals surface area (Å²) in [6.07, 6.45) is 17.6. The van der Waals surface area contributed by atoms with Gasteiger partial charge in [-0.25, -0.2) is 0 Å². The largest absolute Gasteiger partial charge is 0.481 e. The smallest absolute Gasteiger partial charge is 0.303 e. The molecule has 0 aromatic rings. The van der Waals surface area contributed by atoms with Gasteiger partial charge in [0.1, 0.15) is 0 Å². The van der Waals surface area contributed by atoms with E-state index in [-0.39, 0.29) is 11.2 Å². The SMILES string of the molecule is C1CCC(NC2CCCCC2)CC1.CSSC(C)(C)CCC(=O)O. The van der Waals surface area contributed by atoms with Crippen LogP contribution in [0.4, 0.5) is 0 Å². The zero-order valence-electron chi connectivity index (χ0n) is 15.8. The van der Waals surface area contributed by atoms with Crippen molar-refractivity contribution in [3.05, 3.63) is 0 Å². The lowest BCUT2D eigenvalue weighted by molar-refractivity contribution is -0.137. The maximum absolute atomic E-state index is 10.2. The van der Waals surface area contributed by atoms with Gasteiger partial charge in [-0.15, -0.1) is 0 Å². The van der Waals surface area contributed by atoms with E-state index >= 15 is 0 Å². The second kappa shape index (κ2) is 12.5. The molecular weight excluding hydrogens is 338 g/mol. The number of aliphatic carboxylic acids is 1. The van der Waals surface area contributed by atoms with Gasteiger partial charge in [0.2, 0.25) is 0 Å². The van der Waals surface area contributed by atoms with Crippen molar-refractivity contribution in [1.29, 1.82) is 0 Å². The van der Waals surface area contributed by atoms with Crippen molar-refractivity contribution >= 4 is 27.6 Å². The Hall–Kier alpha value is 0.130. The third-order valence-electron chi connectivity index (χ3n) is 4.93. The Kier molecular flexibility index (Phi) is 11.5. The summed E-state index contributed by atoms with van der Waals surface area (Å²) in [6.45, 7) is 4.13. The molecule has 2 saturated carbocycles. The van der Waals surface area contributed by atoms with Crippen molar-refractivity contribution in [3.63, 3.8) is 0 Å². The van der Waals surface area contributed by atoms with Crippen molar-refractivity contribution in [1.82, 2.24) is 5.32 Å². The fourth-order valence-electron chi connectivity index (χ4n) is 3.55. The van der Waals surface area contributed by atoms with E-state index in [0.29, 0.717) is 0 Å². The molecule has 2 aliphatic carbocycles. The maximum Gasteiger partial charge on any atom is 0.303 e. The first-order valence-electron chi connectivity index (χ1n) is 9.62. The van der Waals surface area contributed by atoms with E-state index in [1.54, 1.807) is 21.6 Å².